The fourth-order valence-electron chi connectivity index (χ4n) is 2.28. The summed E-state index contributed by atoms with van der Waals surface area (Å²) < 4.78 is 11.3. The molecule has 1 fully saturated rings. The van der Waals surface area contributed by atoms with Crippen LogP contribution in [0.1, 0.15) is 35.4 Å². The minimum atomic E-state index is 0.358. The Morgan fingerprint density at radius 1 is 1.29 bits per heavy atom. The summed E-state index contributed by atoms with van der Waals surface area (Å²) in [6.07, 6.45) is 5.32. The highest BCUT2D eigenvalue weighted by Gasteiger charge is 2.22. The van der Waals surface area contributed by atoms with Gasteiger partial charge in [0, 0.05) is 23.4 Å². The maximum Gasteiger partial charge on any atom is 0.0813 e. The van der Waals surface area contributed by atoms with E-state index in [0.29, 0.717) is 25.4 Å². The lowest BCUT2D eigenvalue weighted by Crippen LogP contribution is -2.27. The number of hydrogen-bond donors (Lipinski definition) is 1. The molecule has 2 unspecified atom stereocenters. The Bertz CT molecular complexity index is 340. The van der Waals surface area contributed by atoms with Crippen molar-refractivity contribution in [1.82, 2.24) is 0 Å². The Kier molecular flexibility index (Phi) is 4.98. The minimum absolute atomic E-state index is 0.358. The second-order valence-corrected chi connectivity index (χ2v) is 5.78. The standard InChI is InChI=1S/C13H21NO2S/c1-15-10-3-2-4-11(7-10)16-9-13-6-5-12(8-14)17-13/h5-6,10-11H,2-4,7-9,14H2,1H3. The molecule has 1 saturated carbocycles. The van der Waals surface area contributed by atoms with Gasteiger partial charge in [-0.25, -0.2) is 0 Å². The van der Waals surface area contributed by atoms with E-state index < -0.39 is 0 Å². The molecule has 1 aromatic rings. The summed E-state index contributed by atoms with van der Waals surface area (Å²) in [4.78, 5) is 2.49. The van der Waals surface area contributed by atoms with Gasteiger partial charge >= 0.3 is 0 Å². The van der Waals surface area contributed by atoms with Gasteiger partial charge < -0.3 is 15.2 Å². The zero-order valence-corrected chi connectivity index (χ0v) is 11.2. The second kappa shape index (κ2) is 6.50. The molecular weight excluding hydrogens is 234 g/mol. The third-order valence-corrected chi connectivity index (χ3v) is 4.37. The topological polar surface area (TPSA) is 44.5 Å². The molecule has 0 aromatic carbocycles. The molecular formula is C13H21NO2S. The molecule has 4 heteroatoms. The van der Waals surface area contributed by atoms with E-state index in [1.54, 1.807) is 18.4 Å². The van der Waals surface area contributed by atoms with Gasteiger partial charge in [-0.15, -0.1) is 11.3 Å². The van der Waals surface area contributed by atoms with Crippen LogP contribution in [0.2, 0.25) is 0 Å². The first-order valence-corrected chi connectivity index (χ1v) is 7.05. The van der Waals surface area contributed by atoms with Crippen molar-refractivity contribution in [2.45, 2.75) is 51.0 Å². The summed E-state index contributed by atoms with van der Waals surface area (Å²) in [5.74, 6) is 0. The highest BCUT2D eigenvalue weighted by Crippen LogP contribution is 2.25. The molecule has 1 heterocycles. The quantitative estimate of drug-likeness (QED) is 0.879. The number of ether oxygens (including phenoxy) is 2. The molecule has 0 radical (unpaired) electrons. The van der Waals surface area contributed by atoms with Crippen LogP contribution in [0, 0.1) is 0 Å². The van der Waals surface area contributed by atoms with E-state index >= 15 is 0 Å². The molecule has 1 aliphatic carbocycles. The van der Waals surface area contributed by atoms with Gasteiger partial charge in [0.25, 0.3) is 0 Å². The van der Waals surface area contributed by atoms with E-state index in [-0.39, 0.29) is 0 Å². The van der Waals surface area contributed by atoms with Gasteiger partial charge in [-0.2, -0.15) is 0 Å². The highest BCUT2D eigenvalue weighted by molar-refractivity contribution is 7.11. The van der Waals surface area contributed by atoms with Crippen LogP contribution in [0.25, 0.3) is 0 Å². The van der Waals surface area contributed by atoms with Gasteiger partial charge in [-0.3, -0.25) is 0 Å². The predicted octanol–water partition coefficient (Wildman–Crippen LogP) is 2.68. The van der Waals surface area contributed by atoms with E-state index in [1.807, 2.05) is 0 Å². The van der Waals surface area contributed by atoms with Gasteiger partial charge in [0.15, 0.2) is 0 Å². The summed E-state index contributed by atoms with van der Waals surface area (Å²) in [5.41, 5.74) is 5.59. The second-order valence-electron chi connectivity index (χ2n) is 4.53. The van der Waals surface area contributed by atoms with E-state index in [1.165, 1.54) is 22.6 Å². The third kappa shape index (κ3) is 3.78. The first-order chi connectivity index (χ1) is 8.31. The van der Waals surface area contributed by atoms with Gasteiger partial charge in [-0.05, 0) is 37.8 Å². The average Bonchev–Trinajstić information content (AvgIpc) is 2.84. The molecule has 0 aliphatic heterocycles. The molecule has 1 aliphatic rings. The smallest absolute Gasteiger partial charge is 0.0813 e. The Labute approximate surface area is 107 Å². The molecule has 3 nitrogen and oxygen atoms in total. The number of rotatable bonds is 5. The Balaban J connectivity index is 1.77. The fraction of sp³-hybridized carbons (Fsp3) is 0.692. The molecule has 0 spiro atoms. The van der Waals surface area contributed by atoms with Gasteiger partial charge in [0.05, 0.1) is 18.8 Å². The molecule has 2 atom stereocenters. The maximum atomic E-state index is 5.95. The van der Waals surface area contributed by atoms with Crippen molar-refractivity contribution in [2.24, 2.45) is 5.73 Å². The molecule has 2 N–H and O–H groups in total. The van der Waals surface area contributed by atoms with Crippen LogP contribution in [0.3, 0.4) is 0 Å². The normalized spacial score (nSPS) is 25.1. The molecule has 1 aromatic heterocycles. The van der Waals surface area contributed by atoms with Crippen molar-refractivity contribution in [3.8, 4) is 0 Å². The van der Waals surface area contributed by atoms with Crippen LogP contribution < -0.4 is 5.73 Å². The number of thiophene rings is 1. The zero-order chi connectivity index (χ0) is 12.1. The first kappa shape index (κ1) is 13.0. The van der Waals surface area contributed by atoms with Gasteiger partial charge in [0.1, 0.15) is 0 Å². The number of hydrogen-bond acceptors (Lipinski definition) is 4. The van der Waals surface area contributed by atoms with E-state index in [0.717, 1.165) is 12.8 Å². The van der Waals surface area contributed by atoms with Gasteiger partial charge in [-0.1, -0.05) is 0 Å². The Morgan fingerprint density at radius 2 is 2.06 bits per heavy atom. The van der Waals surface area contributed by atoms with Crippen LogP contribution in [-0.4, -0.2) is 19.3 Å². The van der Waals surface area contributed by atoms with Crippen LogP contribution >= 0.6 is 11.3 Å². The fourth-order valence-corrected chi connectivity index (χ4v) is 3.10. The molecule has 2 rings (SSSR count). The van der Waals surface area contributed by atoms with Crippen molar-refractivity contribution in [1.29, 1.82) is 0 Å². The number of methoxy groups -OCH3 is 1. The Hall–Kier alpha value is -0.420. The summed E-state index contributed by atoms with van der Waals surface area (Å²) in [6.45, 7) is 1.34. The maximum absolute atomic E-state index is 5.95. The summed E-state index contributed by atoms with van der Waals surface area (Å²) in [7, 11) is 1.79. The largest absolute Gasteiger partial charge is 0.381 e. The molecule has 96 valence electrons. The zero-order valence-electron chi connectivity index (χ0n) is 10.4. The van der Waals surface area contributed by atoms with Crippen molar-refractivity contribution >= 4 is 11.3 Å². The summed E-state index contributed by atoms with van der Waals surface area (Å²) >= 11 is 1.75. The average molecular weight is 255 g/mol. The monoisotopic (exact) mass is 255 g/mol. The van der Waals surface area contributed by atoms with Crippen molar-refractivity contribution in [2.75, 3.05) is 7.11 Å². The Morgan fingerprint density at radius 3 is 2.76 bits per heavy atom. The number of nitrogens with two attached hydrogens (primary N) is 1. The molecule has 0 saturated heterocycles. The van der Waals surface area contributed by atoms with Crippen molar-refractivity contribution < 1.29 is 9.47 Å². The van der Waals surface area contributed by atoms with Crippen LogP contribution in [-0.2, 0) is 22.6 Å². The van der Waals surface area contributed by atoms with E-state index in [4.69, 9.17) is 15.2 Å². The summed E-state index contributed by atoms with van der Waals surface area (Å²) in [6, 6.07) is 4.20. The van der Waals surface area contributed by atoms with E-state index in [9.17, 15) is 0 Å². The van der Waals surface area contributed by atoms with Crippen LogP contribution in [0.5, 0.6) is 0 Å². The lowest BCUT2D eigenvalue weighted by molar-refractivity contribution is -0.0356. The minimum Gasteiger partial charge on any atom is -0.381 e. The lowest BCUT2D eigenvalue weighted by Gasteiger charge is -2.28. The van der Waals surface area contributed by atoms with Gasteiger partial charge in [0.2, 0.25) is 0 Å². The highest BCUT2D eigenvalue weighted by atomic mass is 32.1. The van der Waals surface area contributed by atoms with E-state index in [2.05, 4.69) is 12.1 Å². The molecule has 0 amide bonds. The molecule has 0 bridgehead atoms. The van der Waals surface area contributed by atoms with Crippen molar-refractivity contribution in [3.05, 3.63) is 21.9 Å². The molecule has 17 heavy (non-hydrogen) atoms. The van der Waals surface area contributed by atoms with Crippen LogP contribution in [0.15, 0.2) is 12.1 Å². The SMILES string of the molecule is COC1CCCC(OCc2ccc(CN)s2)C1. The lowest BCUT2D eigenvalue weighted by atomic mass is 9.95. The van der Waals surface area contributed by atoms with Crippen molar-refractivity contribution in [3.63, 3.8) is 0 Å². The van der Waals surface area contributed by atoms with Crippen LogP contribution in [0.4, 0.5) is 0 Å². The third-order valence-electron chi connectivity index (χ3n) is 3.29. The predicted molar refractivity (Wildman–Crippen MR) is 70.1 cm³/mol. The summed E-state index contributed by atoms with van der Waals surface area (Å²) in [5, 5.41) is 0. The first-order valence-electron chi connectivity index (χ1n) is 6.24.